The van der Waals surface area contributed by atoms with Crippen molar-refractivity contribution in [1.82, 2.24) is 9.97 Å². The molecule has 1 saturated carbocycles. The number of benzene rings is 1. The lowest BCUT2D eigenvalue weighted by atomic mass is 10.0. The molecule has 1 heterocycles. The Morgan fingerprint density at radius 1 is 1.11 bits per heavy atom. The Morgan fingerprint density at radius 2 is 1.78 bits per heavy atom. The first-order chi connectivity index (χ1) is 12.8. The van der Waals surface area contributed by atoms with Crippen molar-refractivity contribution in [2.24, 2.45) is 5.92 Å². The SMILES string of the molecule is Cc1cc(NS(=O)(=O)c2ccc(NC(=O)CC3CCCC3)cc2)nc(C)n1. The minimum Gasteiger partial charge on any atom is -0.326 e. The molecule has 0 atom stereocenters. The largest absolute Gasteiger partial charge is 0.326 e. The van der Waals surface area contributed by atoms with E-state index in [4.69, 9.17) is 0 Å². The molecular weight excluding hydrogens is 364 g/mol. The lowest BCUT2D eigenvalue weighted by molar-refractivity contribution is -0.117. The molecule has 1 aliphatic carbocycles. The van der Waals surface area contributed by atoms with Gasteiger partial charge in [-0.3, -0.25) is 9.52 Å². The topological polar surface area (TPSA) is 101 Å². The van der Waals surface area contributed by atoms with E-state index >= 15 is 0 Å². The van der Waals surface area contributed by atoms with Crippen molar-refractivity contribution in [3.05, 3.63) is 41.9 Å². The fraction of sp³-hybridized carbons (Fsp3) is 0.421. The van der Waals surface area contributed by atoms with Crippen LogP contribution in [0.15, 0.2) is 35.2 Å². The van der Waals surface area contributed by atoms with Crippen molar-refractivity contribution in [3.8, 4) is 0 Å². The molecule has 27 heavy (non-hydrogen) atoms. The maximum absolute atomic E-state index is 12.5. The first-order valence-electron chi connectivity index (χ1n) is 9.07. The molecule has 0 bridgehead atoms. The number of rotatable bonds is 6. The van der Waals surface area contributed by atoms with Gasteiger partial charge in [0.1, 0.15) is 11.6 Å². The molecule has 2 aromatic rings. The molecule has 0 spiro atoms. The smallest absolute Gasteiger partial charge is 0.263 e. The van der Waals surface area contributed by atoms with Crippen LogP contribution in [0.5, 0.6) is 0 Å². The van der Waals surface area contributed by atoms with E-state index in [2.05, 4.69) is 20.0 Å². The van der Waals surface area contributed by atoms with Crippen LogP contribution in [0.3, 0.4) is 0 Å². The summed E-state index contributed by atoms with van der Waals surface area (Å²) >= 11 is 0. The van der Waals surface area contributed by atoms with Crippen LogP contribution < -0.4 is 10.0 Å². The highest BCUT2D eigenvalue weighted by Crippen LogP contribution is 2.28. The predicted octanol–water partition coefficient (Wildman–Crippen LogP) is 3.41. The summed E-state index contributed by atoms with van der Waals surface area (Å²) in [5.74, 6) is 1.16. The predicted molar refractivity (Wildman–Crippen MR) is 104 cm³/mol. The average molecular weight is 388 g/mol. The van der Waals surface area contributed by atoms with Gasteiger partial charge in [0.25, 0.3) is 10.0 Å². The van der Waals surface area contributed by atoms with E-state index in [1.165, 1.54) is 25.0 Å². The Balaban J connectivity index is 1.65. The van der Waals surface area contributed by atoms with Crippen molar-refractivity contribution in [2.75, 3.05) is 10.0 Å². The van der Waals surface area contributed by atoms with Gasteiger partial charge in [-0.05, 0) is 56.9 Å². The van der Waals surface area contributed by atoms with E-state index in [9.17, 15) is 13.2 Å². The maximum Gasteiger partial charge on any atom is 0.263 e. The molecular formula is C19H24N4O3S. The van der Waals surface area contributed by atoms with Gasteiger partial charge in [0, 0.05) is 23.9 Å². The van der Waals surface area contributed by atoms with Gasteiger partial charge in [-0.15, -0.1) is 0 Å². The van der Waals surface area contributed by atoms with Crippen molar-refractivity contribution in [2.45, 2.75) is 50.8 Å². The maximum atomic E-state index is 12.5. The van der Waals surface area contributed by atoms with E-state index in [-0.39, 0.29) is 16.6 Å². The average Bonchev–Trinajstić information content (AvgIpc) is 3.06. The standard InChI is InChI=1S/C19H24N4O3S/c1-13-11-18(21-14(2)20-13)23-27(25,26)17-9-7-16(8-10-17)22-19(24)12-15-5-3-4-6-15/h7-11,15H,3-6,12H2,1-2H3,(H,22,24)(H,20,21,23). The minimum absolute atomic E-state index is 0.0254. The molecule has 0 unspecified atom stereocenters. The molecule has 0 aliphatic heterocycles. The van der Waals surface area contributed by atoms with Gasteiger partial charge in [-0.25, -0.2) is 18.4 Å². The number of aryl methyl sites for hydroxylation is 2. The van der Waals surface area contributed by atoms with E-state index in [0.29, 0.717) is 29.5 Å². The third-order valence-corrected chi connectivity index (χ3v) is 5.97. The van der Waals surface area contributed by atoms with Gasteiger partial charge in [0.15, 0.2) is 0 Å². The molecule has 0 radical (unpaired) electrons. The first-order valence-corrected chi connectivity index (χ1v) is 10.6. The first kappa shape index (κ1) is 19.3. The van der Waals surface area contributed by atoms with Crippen LogP contribution in [-0.2, 0) is 14.8 Å². The highest BCUT2D eigenvalue weighted by Gasteiger charge is 2.19. The summed E-state index contributed by atoms with van der Waals surface area (Å²) in [6, 6.07) is 7.69. The van der Waals surface area contributed by atoms with Crippen LogP contribution in [0.4, 0.5) is 11.5 Å². The summed E-state index contributed by atoms with van der Waals surface area (Å²) in [7, 11) is -3.76. The molecule has 3 rings (SSSR count). The quantitative estimate of drug-likeness (QED) is 0.790. The molecule has 2 N–H and O–H groups in total. The molecule has 1 fully saturated rings. The molecule has 1 amide bonds. The Bertz CT molecular complexity index is 900. The number of sulfonamides is 1. The molecule has 0 saturated heterocycles. The number of hydrogen-bond donors (Lipinski definition) is 2. The van der Waals surface area contributed by atoms with Crippen molar-refractivity contribution < 1.29 is 13.2 Å². The van der Waals surface area contributed by atoms with Gasteiger partial charge < -0.3 is 5.32 Å². The van der Waals surface area contributed by atoms with Crippen molar-refractivity contribution >= 4 is 27.4 Å². The fourth-order valence-electron chi connectivity index (χ4n) is 3.37. The highest BCUT2D eigenvalue weighted by atomic mass is 32.2. The molecule has 144 valence electrons. The van der Waals surface area contributed by atoms with Gasteiger partial charge in [0.05, 0.1) is 4.90 Å². The number of carbonyl (C=O) groups excluding carboxylic acids is 1. The van der Waals surface area contributed by atoms with Crippen LogP contribution in [0, 0.1) is 19.8 Å². The summed E-state index contributed by atoms with van der Waals surface area (Å²) in [6.45, 7) is 3.48. The number of amides is 1. The van der Waals surface area contributed by atoms with Crippen LogP contribution >= 0.6 is 0 Å². The molecule has 7 nitrogen and oxygen atoms in total. The molecule has 1 aliphatic rings. The van der Waals surface area contributed by atoms with Crippen LogP contribution in [-0.4, -0.2) is 24.3 Å². The number of anilines is 2. The summed E-state index contributed by atoms with van der Waals surface area (Å²) in [5.41, 5.74) is 1.27. The number of carbonyl (C=O) groups is 1. The third-order valence-electron chi connectivity index (χ3n) is 4.60. The zero-order valence-corrected chi connectivity index (χ0v) is 16.3. The third kappa shape index (κ3) is 5.26. The Morgan fingerprint density at radius 3 is 2.41 bits per heavy atom. The Labute approximate surface area is 159 Å². The Hall–Kier alpha value is -2.48. The van der Waals surface area contributed by atoms with Crippen LogP contribution in [0.25, 0.3) is 0 Å². The van der Waals surface area contributed by atoms with E-state index in [0.717, 1.165) is 12.8 Å². The van der Waals surface area contributed by atoms with E-state index in [1.807, 2.05) is 0 Å². The normalized spacial score (nSPS) is 14.9. The van der Waals surface area contributed by atoms with Crippen LogP contribution in [0.2, 0.25) is 0 Å². The van der Waals surface area contributed by atoms with Crippen molar-refractivity contribution in [1.29, 1.82) is 0 Å². The zero-order chi connectivity index (χ0) is 19.4. The molecule has 1 aromatic carbocycles. The second kappa shape index (κ2) is 8.04. The van der Waals surface area contributed by atoms with Crippen molar-refractivity contribution in [3.63, 3.8) is 0 Å². The molecule has 8 heteroatoms. The number of nitrogens with zero attached hydrogens (tertiary/aromatic N) is 2. The van der Waals surface area contributed by atoms with Gasteiger partial charge in [-0.1, -0.05) is 12.8 Å². The van der Waals surface area contributed by atoms with E-state index < -0.39 is 10.0 Å². The number of aromatic nitrogens is 2. The summed E-state index contributed by atoms with van der Waals surface area (Å²) in [4.78, 5) is 20.4. The number of hydrogen-bond acceptors (Lipinski definition) is 5. The summed E-state index contributed by atoms with van der Waals surface area (Å²) < 4.78 is 27.5. The highest BCUT2D eigenvalue weighted by molar-refractivity contribution is 7.92. The van der Waals surface area contributed by atoms with Gasteiger partial charge in [-0.2, -0.15) is 0 Å². The lowest BCUT2D eigenvalue weighted by Gasteiger charge is -2.11. The van der Waals surface area contributed by atoms with E-state index in [1.54, 1.807) is 32.0 Å². The van der Waals surface area contributed by atoms with Gasteiger partial charge >= 0.3 is 0 Å². The monoisotopic (exact) mass is 388 g/mol. The lowest BCUT2D eigenvalue weighted by Crippen LogP contribution is -2.16. The number of nitrogens with one attached hydrogen (secondary N) is 2. The summed E-state index contributed by atoms with van der Waals surface area (Å²) in [5, 5.41) is 2.84. The van der Waals surface area contributed by atoms with Gasteiger partial charge in [0.2, 0.25) is 5.91 Å². The second-order valence-corrected chi connectivity index (χ2v) is 8.66. The second-order valence-electron chi connectivity index (χ2n) is 6.97. The summed E-state index contributed by atoms with van der Waals surface area (Å²) in [6.07, 6.45) is 5.14. The molecule has 1 aromatic heterocycles. The Kier molecular flexibility index (Phi) is 5.74. The zero-order valence-electron chi connectivity index (χ0n) is 15.5. The minimum atomic E-state index is -3.76. The fourth-order valence-corrected chi connectivity index (χ4v) is 4.36. The van der Waals surface area contributed by atoms with Crippen LogP contribution in [0.1, 0.15) is 43.6 Å².